The maximum atomic E-state index is 12.2. The van der Waals surface area contributed by atoms with E-state index in [1.165, 1.54) is 12.3 Å². The van der Waals surface area contributed by atoms with Crippen LogP contribution in [-0.2, 0) is 6.42 Å². The molecular weight excluding hydrogens is 297 g/mol. The highest BCUT2D eigenvalue weighted by atomic mass is 35.5. The van der Waals surface area contributed by atoms with Crippen molar-refractivity contribution >= 4 is 29.0 Å². The Kier molecular flexibility index (Phi) is 4.78. The molecule has 0 amide bonds. The van der Waals surface area contributed by atoms with Crippen molar-refractivity contribution in [1.82, 2.24) is 14.8 Å². The van der Waals surface area contributed by atoms with Crippen LogP contribution in [0.15, 0.2) is 24.5 Å². The first-order valence-electron chi connectivity index (χ1n) is 6.39. The fraction of sp³-hybridized carbons (Fsp3) is 0.357. The van der Waals surface area contributed by atoms with E-state index in [9.17, 15) is 4.79 Å². The fourth-order valence-electron chi connectivity index (χ4n) is 1.77. The molecule has 0 aliphatic carbocycles. The van der Waals surface area contributed by atoms with E-state index in [2.05, 4.69) is 23.9 Å². The van der Waals surface area contributed by atoms with E-state index < -0.39 is 0 Å². The highest BCUT2D eigenvalue weighted by molar-refractivity contribution is 6.36. The average Bonchev–Trinajstić information content (AvgIpc) is 2.86. The van der Waals surface area contributed by atoms with E-state index in [-0.39, 0.29) is 22.9 Å². The third-order valence-electron chi connectivity index (χ3n) is 3.12. The number of carbonyl (C=O) groups excluding carboxylic acids is 1. The molecule has 1 unspecified atom stereocenters. The van der Waals surface area contributed by atoms with Gasteiger partial charge in [0, 0.05) is 18.4 Å². The van der Waals surface area contributed by atoms with Crippen LogP contribution in [0.4, 0.5) is 0 Å². The van der Waals surface area contributed by atoms with Gasteiger partial charge in [-0.2, -0.15) is 5.10 Å². The summed E-state index contributed by atoms with van der Waals surface area (Å²) in [5.74, 6) is -0.166. The molecule has 6 heteroatoms. The summed E-state index contributed by atoms with van der Waals surface area (Å²) in [7, 11) is 0. The third kappa shape index (κ3) is 3.38. The van der Waals surface area contributed by atoms with E-state index in [0.717, 1.165) is 6.42 Å². The summed E-state index contributed by atoms with van der Waals surface area (Å²) >= 11 is 11.7. The molecule has 20 heavy (non-hydrogen) atoms. The number of pyridine rings is 1. The Morgan fingerprint density at radius 1 is 1.45 bits per heavy atom. The molecule has 0 fully saturated rings. The average molecular weight is 312 g/mol. The lowest BCUT2D eigenvalue weighted by Crippen LogP contribution is -2.09. The molecule has 0 bridgehead atoms. The van der Waals surface area contributed by atoms with Crippen LogP contribution in [0.25, 0.3) is 0 Å². The maximum Gasteiger partial charge on any atom is 0.188 e. The zero-order chi connectivity index (χ0) is 14.7. The Hall–Kier alpha value is -1.39. The van der Waals surface area contributed by atoms with Gasteiger partial charge in [-0.1, -0.05) is 30.1 Å². The molecule has 0 N–H and O–H groups in total. The molecule has 0 aliphatic rings. The molecule has 0 saturated heterocycles. The van der Waals surface area contributed by atoms with E-state index in [0.29, 0.717) is 16.8 Å². The fourth-order valence-corrected chi connectivity index (χ4v) is 2.26. The number of hydrogen-bond donors (Lipinski definition) is 0. The van der Waals surface area contributed by atoms with Crippen LogP contribution in [0.5, 0.6) is 0 Å². The quantitative estimate of drug-likeness (QED) is 0.785. The number of nitrogens with zero attached hydrogens (tertiary/aromatic N) is 3. The number of hydrogen-bond acceptors (Lipinski definition) is 3. The van der Waals surface area contributed by atoms with Gasteiger partial charge in [-0.3, -0.25) is 9.48 Å². The lowest BCUT2D eigenvalue weighted by molar-refractivity contribution is 0.0987. The normalized spacial score (nSPS) is 12.4. The molecule has 4 nitrogen and oxygen atoms in total. The molecule has 2 aromatic heterocycles. The molecule has 0 aromatic carbocycles. The number of aromatic nitrogens is 3. The first kappa shape index (κ1) is 15.0. The monoisotopic (exact) mass is 311 g/mol. The van der Waals surface area contributed by atoms with E-state index in [1.54, 1.807) is 0 Å². The van der Waals surface area contributed by atoms with Gasteiger partial charge < -0.3 is 0 Å². The molecule has 2 heterocycles. The molecule has 1 atom stereocenters. The summed E-state index contributed by atoms with van der Waals surface area (Å²) in [4.78, 5) is 16.1. The minimum Gasteiger partial charge on any atom is -0.292 e. The topological polar surface area (TPSA) is 47.8 Å². The smallest absolute Gasteiger partial charge is 0.188 e. The molecule has 2 aromatic rings. The summed E-state index contributed by atoms with van der Waals surface area (Å²) in [5.41, 5.74) is 0.942. The van der Waals surface area contributed by atoms with E-state index in [4.69, 9.17) is 23.2 Å². The number of halogens is 2. The SMILES string of the molecule is CCC(C)n1ccc(CC(=O)c2ncc(Cl)cc2Cl)n1. The number of carbonyl (C=O) groups is 1. The number of rotatable bonds is 5. The first-order valence-corrected chi connectivity index (χ1v) is 7.15. The Balaban J connectivity index is 2.13. The van der Waals surface area contributed by atoms with Crippen LogP contribution in [0.3, 0.4) is 0 Å². The molecule has 106 valence electrons. The largest absolute Gasteiger partial charge is 0.292 e. The zero-order valence-corrected chi connectivity index (χ0v) is 12.8. The van der Waals surface area contributed by atoms with Gasteiger partial charge in [0.15, 0.2) is 5.78 Å². The number of Topliss-reactive ketones (excluding diaryl/α,β-unsaturated/α-hetero) is 1. The van der Waals surface area contributed by atoms with Crippen LogP contribution in [-0.4, -0.2) is 20.5 Å². The molecular formula is C14H15Cl2N3O. The van der Waals surface area contributed by atoms with Gasteiger partial charge in [0.2, 0.25) is 0 Å². The Morgan fingerprint density at radius 2 is 2.20 bits per heavy atom. The van der Waals surface area contributed by atoms with Gasteiger partial charge in [0.1, 0.15) is 5.69 Å². The van der Waals surface area contributed by atoms with Crippen LogP contribution in [0, 0.1) is 0 Å². The third-order valence-corrected chi connectivity index (χ3v) is 3.61. The summed E-state index contributed by atoms with van der Waals surface area (Å²) in [6, 6.07) is 3.67. The van der Waals surface area contributed by atoms with Gasteiger partial charge in [-0.05, 0) is 25.5 Å². The Bertz CT molecular complexity index is 625. The van der Waals surface area contributed by atoms with Crippen molar-refractivity contribution in [3.63, 3.8) is 0 Å². The van der Waals surface area contributed by atoms with Gasteiger partial charge in [-0.25, -0.2) is 4.98 Å². The maximum absolute atomic E-state index is 12.2. The first-order chi connectivity index (χ1) is 9.51. The Labute approximate surface area is 127 Å². The summed E-state index contributed by atoms with van der Waals surface area (Å²) in [6.07, 6.45) is 4.46. The van der Waals surface area contributed by atoms with Crippen molar-refractivity contribution in [1.29, 1.82) is 0 Å². The van der Waals surface area contributed by atoms with Gasteiger partial charge in [0.25, 0.3) is 0 Å². The van der Waals surface area contributed by atoms with Gasteiger partial charge in [0.05, 0.1) is 22.2 Å². The summed E-state index contributed by atoms with van der Waals surface area (Å²) in [5, 5.41) is 5.07. The minimum absolute atomic E-state index is 0.166. The van der Waals surface area contributed by atoms with Crippen LogP contribution < -0.4 is 0 Å². The predicted molar refractivity (Wildman–Crippen MR) is 79.5 cm³/mol. The lowest BCUT2D eigenvalue weighted by Gasteiger charge is -2.08. The summed E-state index contributed by atoms with van der Waals surface area (Å²) < 4.78 is 1.86. The second kappa shape index (κ2) is 6.37. The minimum atomic E-state index is -0.166. The van der Waals surface area contributed by atoms with Crippen molar-refractivity contribution in [3.05, 3.63) is 46.0 Å². The standard InChI is InChI=1S/C14H15Cl2N3O/c1-3-9(2)19-5-4-11(18-19)7-13(20)14-12(16)6-10(15)8-17-14/h4-6,8-9H,3,7H2,1-2H3. The van der Waals surface area contributed by atoms with Crippen LogP contribution in [0.1, 0.15) is 42.5 Å². The van der Waals surface area contributed by atoms with Crippen molar-refractivity contribution in [2.24, 2.45) is 0 Å². The van der Waals surface area contributed by atoms with Crippen LogP contribution >= 0.6 is 23.2 Å². The van der Waals surface area contributed by atoms with Crippen molar-refractivity contribution in [2.75, 3.05) is 0 Å². The zero-order valence-electron chi connectivity index (χ0n) is 11.3. The van der Waals surface area contributed by atoms with Gasteiger partial charge in [-0.15, -0.1) is 0 Å². The lowest BCUT2D eigenvalue weighted by atomic mass is 10.1. The molecule has 0 spiro atoms. The van der Waals surface area contributed by atoms with E-state index >= 15 is 0 Å². The van der Waals surface area contributed by atoms with Crippen molar-refractivity contribution in [2.45, 2.75) is 32.7 Å². The summed E-state index contributed by atoms with van der Waals surface area (Å²) in [6.45, 7) is 4.17. The highest BCUT2D eigenvalue weighted by Gasteiger charge is 2.15. The molecule has 0 aliphatic heterocycles. The number of ketones is 1. The van der Waals surface area contributed by atoms with Crippen LogP contribution in [0.2, 0.25) is 10.0 Å². The second-order valence-corrected chi connectivity index (χ2v) is 5.47. The Morgan fingerprint density at radius 3 is 2.85 bits per heavy atom. The van der Waals surface area contributed by atoms with Gasteiger partial charge >= 0.3 is 0 Å². The molecule has 0 radical (unpaired) electrons. The van der Waals surface area contributed by atoms with Crippen molar-refractivity contribution in [3.8, 4) is 0 Å². The second-order valence-electron chi connectivity index (χ2n) is 4.63. The van der Waals surface area contributed by atoms with Crippen molar-refractivity contribution < 1.29 is 4.79 Å². The molecule has 2 rings (SSSR count). The van der Waals surface area contributed by atoms with E-state index in [1.807, 2.05) is 16.9 Å². The highest BCUT2D eigenvalue weighted by Crippen LogP contribution is 2.20. The predicted octanol–water partition coefficient (Wildman–Crippen LogP) is 3.98. The molecule has 0 saturated carbocycles.